The summed E-state index contributed by atoms with van der Waals surface area (Å²) >= 11 is 0. The number of ether oxygens (including phenoxy) is 2. The van der Waals surface area contributed by atoms with Gasteiger partial charge in [0.25, 0.3) is 0 Å². The molecule has 0 unspecified atom stereocenters. The molecule has 0 N–H and O–H groups in total. The van der Waals surface area contributed by atoms with Gasteiger partial charge in [0.1, 0.15) is 17.5 Å². The van der Waals surface area contributed by atoms with Gasteiger partial charge >= 0.3 is 64.5 Å². The minimum Gasteiger partial charge on any atom is -0.487 e. The Kier molecular flexibility index (Phi) is 7.04. The molecule has 9 heteroatoms. The molecule has 1 fully saturated rings. The molecule has 1 aromatic rings. The SMILES string of the molecule is CC(C)(C)OC(=O)N1CC(Oc2ccc([B-](F)(F)F)cc2)C1.[K+]. The van der Waals surface area contributed by atoms with Crippen molar-refractivity contribution in [2.24, 2.45) is 0 Å². The molecule has 0 aromatic heterocycles. The first-order chi connectivity index (χ1) is 10.0. The van der Waals surface area contributed by atoms with E-state index < -0.39 is 24.1 Å². The van der Waals surface area contributed by atoms with Crippen molar-refractivity contribution in [3.05, 3.63) is 24.3 Å². The fourth-order valence-corrected chi connectivity index (χ4v) is 1.95. The van der Waals surface area contributed by atoms with Gasteiger partial charge < -0.3 is 27.3 Å². The maximum Gasteiger partial charge on any atom is 1.00 e. The Morgan fingerprint density at radius 1 is 1.17 bits per heavy atom. The van der Waals surface area contributed by atoms with Crippen LogP contribution in [-0.2, 0) is 4.74 Å². The van der Waals surface area contributed by atoms with Crippen molar-refractivity contribution in [1.82, 2.24) is 4.90 Å². The summed E-state index contributed by atoms with van der Waals surface area (Å²) in [6.07, 6.45) is -0.641. The van der Waals surface area contributed by atoms with Crippen LogP contribution in [0.2, 0.25) is 0 Å². The first-order valence-corrected chi connectivity index (χ1v) is 6.99. The van der Waals surface area contributed by atoms with Gasteiger partial charge in [-0.25, -0.2) is 4.79 Å². The van der Waals surface area contributed by atoms with Crippen molar-refractivity contribution >= 4 is 18.5 Å². The Hall–Kier alpha value is -0.219. The molecule has 1 aromatic carbocycles. The Balaban J connectivity index is 0.00000264. The van der Waals surface area contributed by atoms with E-state index in [9.17, 15) is 17.7 Å². The molecule has 1 aliphatic heterocycles. The molecule has 0 radical (unpaired) electrons. The maximum absolute atomic E-state index is 12.5. The predicted molar refractivity (Wildman–Crippen MR) is 77.4 cm³/mol. The number of hydrogen-bond acceptors (Lipinski definition) is 3. The number of halogens is 3. The standard InChI is InChI=1S/C14H18BF3NO3.K/c1-14(2,3)22-13(20)19-8-12(9-19)21-11-6-4-10(5-7-11)15(16,17)18;/h4-7,12H,8-9H2,1-3H3;/q-1;+1. The Labute approximate surface area is 176 Å². The number of benzene rings is 1. The zero-order chi connectivity index (χ0) is 16.5. The van der Waals surface area contributed by atoms with Gasteiger partial charge in [0.15, 0.2) is 0 Å². The van der Waals surface area contributed by atoms with Crippen LogP contribution in [-0.4, -0.2) is 42.8 Å². The summed E-state index contributed by atoms with van der Waals surface area (Å²) < 4.78 is 48.2. The average Bonchev–Trinajstić information content (AvgIpc) is 2.30. The third-order valence-corrected chi connectivity index (χ3v) is 3.06. The van der Waals surface area contributed by atoms with Crippen LogP contribution < -0.4 is 61.6 Å². The molecule has 23 heavy (non-hydrogen) atoms. The van der Waals surface area contributed by atoms with Crippen LogP contribution in [0.15, 0.2) is 24.3 Å². The van der Waals surface area contributed by atoms with Crippen LogP contribution in [0.3, 0.4) is 0 Å². The Bertz CT molecular complexity index is 540. The van der Waals surface area contributed by atoms with Crippen molar-refractivity contribution in [3.63, 3.8) is 0 Å². The van der Waals surface area contributed by atoms with Gasteiger partial charge in [-0.2, -0.15) is 0 Å². The minimum atomic E-state index is -4.99. The number of rotatable bonds is 3. The molecule has 1 saturated heterocycles. The van der Waals surface area contributed by atoms with Crippen molar-refractivity contribution in [1.29, 1.82) is 0 Å². The maximum atomic E-state index is 12.5. The van der Waals surface area contributed by atoms with E-state index >= 15 is 0 Å². The van der Waals surface area contributed by atoms with Gasteiger partial charge in [0.05, 0.1) is 13.1 Å². The van der Waals surface area contributed by atoms with E-state index in [1.807, 2.05) is 0 Å². The van der Waals surface area contributed by atoms with Crippen LogP contribution in [0, 0.1) is 0 Å². The van der Waals surface area contributed by atoms with Crippen molar-refractivity contribution in [2.45, 2.75) is 32.5 Å². The third-order valence-electron chi connectivity index (χ3n) is 3.06. The second-order valence-corrected chi connectivity index (χ2v) is 6.27. The van der Waals surface area contributed by atoms with Crippen molar-refractivity contribution in [3.8, 4) is 5.75 Å². The molecule has 1 heterocycles. The third kappa shape index (κ3) is 6.30. The number of carbonyl (C=O) groups is 1. The van der Waals surface area contributed by atoms with Gasteiger partial charge in [-0.3, -0.25) is 0 Å². The number of amides is 1. The zero-order valence-corrected chi connectivity index (χ0v) is 16.8. The van der Waals surface area contributed by atoms with E-state index in [0.29, 0.717) is 18.8 Å². The number of nitrogens with zero attached hydrogens (tertiary/aromatic N) is 1. The summed E-state index contributed by atoms with van der Waals surface area (Å²) in [4.78, 5) is 13.2. The van der Waals surface area contributed by atoms with Gasteiger partial charge in [-0.15, -0.1) is 5.46 Å². The molecule has 0 aliphatic carbocycles. The molecule has 0 saturated carbocycles. The first-order valence-electron chi connectivity index (χ1n) is 6.99. The smallest absolute Gasteiger partial charge is 0.487 e. The quantitative estimate of drug-likeness (QED) is 0.702. The molecule has 1 amide bonds. The summed E-state index contributed by atoms with van der Waals surface area (Å²) in [6, 6.07) is 4.58. The van der Waals surface area contributed by atoms with Crippen LogP contribution in [0.25, 0.3) is 0 Å². The van der Waals surface area contributed by atoms with Crippen LogP contribution >= 0.6 is 0 Å². The Morgan fingerprint density at radius 2 is 1.70 bits per heavy atom. The summed E-state index contributed by atoms with van der Waals surface area (Å²) in [5.41, 5.74) is -1.21. The largest absolute Gasteiger partial charge is 1.00 e. The van der Waals surface area contributed by atoms with Gasteiger partial charge in [0, 0.05) is 0 Å². The molecule has 122 valence electrons. The molecule has 0 atom stereocenters. The van der Waals surface area contributed by atoms with Gasteiger partial charge in [0.2, 0.25) is 0 Å². The van der Waals surface area contributed by atoms with Crippen LogP contribution in [0.5, 0.6) is 5.75 Å². The number of likely N-dealkylation sites (tertiary alicyclic amines) is 1. The summed E-state index contributed by atoms with van der Waals surface area (Å²) in [5.74, 6) is 0.359. The molecule has 0 bridgehead atoms. The minimum absolute atomic E-state index is 0. The van der Waals surface area contributed by atoms with E-state index in [0.717, 1.165) is 12.1 Å². The van der Waals surface area contributed by atoms with Crippen LogP contribution in [0.4, 0.5) is 17.7 Å². The molecule has 2 rings (SSSR count). The van der Waals surface area contributed by atoms with Gasteiger partial charge in [-0.1, -0.05) is 12.1 Å². The van der Waals surface area contributed by atoms with Gasteiger partial charge in [-0.05, 0) is 32.9 Å². The molecular formula is C14H18BF3KNO3. The fraction of sp³-hybridized carbons (Fsp3) is 0.500. The summed E-state index contributed by atoms with van der Waals surface area (Å²) in [7, 11) is 0. The number of hydrogen-bond donors (Lipinski definition) is 0. The number of carbonyl (C=O) groups excluding carboxylic acids is 1. The molecular weight excluding hydrogens is 337 g/mol. The fourth-order valence-electron chi connectivity index (χ4n) is 1.95. The monoisotopic (exact) mass is 355 g/mol. The van der Waals surface area contributed by atoms with E-state index in [1.165, 1.54) is 17.0 Å². The summed E-state index contributed by atoms with van der Waals surface area (Å²) in [5, 5.41) is 0. The van der Waals surface area contributed by atoms with E-state index in [1.54, 1.807) is 20.8 Å². The molecule has 1 aliphatic rings. The second kappa shape index (κ2) is 7.78. The molecule has 0 spiro atoms. The topological polar surface area (TPSA) is 38.8 Å². The van der Waals surface area contributed by atoms with Crippen LogP contribution in [0.1, 0.15) is 20.8 Å². The predicted octanol–water partition coefficient (Wildman–Crippen LogP) is -0.257. The average molecular weight is 355 g/mol. The van der Waals surface area contributed by atoms with Crippen molar-refractivity contribution in [2.75, 3.05) is 13.1 Å². The summed E-state index contributed by atoms with van der Waals surface area (Å²) in [6.45, 7) is 1.07. The van der Waals surface area contributed by atoms with E-state index in [4.69, 9.17) is 9.47 Å². The second-order valence-electron chi connectivity index (χ2n) is 6.27. The van der Waals surface area contributed by atoms with E-state index in [2.05, 4.69) is 0 Å². The first kappa shape index (κ1) is 20.8. The van der Waals surface area contributed by atoms with E-state index in [-0.39, 0.29) is 57.5 Å². The zero-order valence-electron chi connectivity index (χ0n) is 13.7. The molecule has 4 nitrogen and oxygen atoms in total. The van der Waals surface area contributed by atoms with Crippen molar-refractivity contribution < 1.29 is 78.6 Å². The normalized spacial score (nSPS) is 15.5. The Morgan fingerprint density at radius 3 is 2.13 bits per heavy atom.